The van der Waals surface area contributed by atoms with E-state index in [0.29, 0.717) is 10.7 Å². The first kappa shape index (κ1) is 29.6. The van der Waals surface area contributed by atoms with E-state index in [1.807, 2.05) is 6.92 Å². The Hall–Kier alpha value is -4.38. The molecular weight excluding hydrogens is 597 g/mol. The molecule has 0 atom stereocenters. The highest BCUT2D eigenvalue weighted by molar-refractivity contribution is 6.40. The molecule has 1 heterocycles. The molecule has 5 amide bonds. The van der Waals surface area contributed by atoms with Crippen LogP contribution in [0.15, 0.2) is 60.2 Å². The molecule has 3 aromatic carbocycles. The highest BCUT2D eigenvalue weighted by Crippen LogP contribution is 2.35. The second kappa shape index (κ2) is 12.4. The number of benzene rings is 3. The Morgan fingerprint density at radius 1 is 0.951 bits per heavy atom. The van der Waals surface area contributed by atoms with Gasteiger partial charge in [-0.05, 0) is 72.7 Å². The zero-order valence-corrected chi connectivity index (χ0v) is 23.7. The summed E-state index contributed by atoms with van der Waals surface area (Å²) in [7, 11) is 1.22. The van der Waals surface area contributed by atoms with Crippen molar-refractivity contribution in [3.8, 4) is 5.75 Å². The first-order valence-electron chi connectivity index (χ1n) is 11.8. The molecular formula is C28H20Cl3N3O7. The fraction of sp³-hybridized carbons (Fsp3) is 0.107. The second-order valence-electron chi connectivity index (χ2n) is 8.61. The first-order chi connectivity index (χ1) is 19.5. The van der Waals surface area contributed by atoms with E-state index in [1.54, 1.807) is 18.2 Å². The number of imide groups is 2. The summed E-state index contributed by atoms with van der Waals surface area (Å²) < 4.78 is 10.1. The number of nitrogens with zero attached hydrogens (tertiary/aromatic N) is 1. The third-order valence-electron chi connectivity index (χ3n) is 5.78. The number of barbiturate groups is 1. The number of esters is 1. The first-order valence-corrected chi connectivity index (χ1v) is 12.9. The average Bonchev–Trinajstić information content (AvgIpc) is 2.92. The number of methoxy groups -OCH3 is 1. The molecule has 1 aliphatic heterocycles. The molecule has 0 aromatic heterocycles. The topological polar surface area (TPSA) is 131 Å². The number of amides is 5. The Labute approximate surface area is 248 Å². The maximum absolute atomic E-state index is 13.2. The Kier molecular flexibility index (Phi) is 8.97. The van der Waals surface area contributed by atoms with Gasteiger partial charge in [0.25, 0.3) is 17.7 Å². The summed E-state index contributed by atoms with van der Waals surface area (Å²) in [5.74, 6) is -2.92. The Bertz CT molecular complexity index is 1600. The van der Waals surface area contributed by atoms with Gasteiger partial charge in [-0.15, -0.1) is 0 Å². The van der Waals surface area contributed by atoms with Gasteiger partial charge in [0, 0.05) is 10.7 Å². The van der Waals surface area contributed by atoms with E-state index in [1.165, 1.54) is 49.6 Å². The molecule has 4 rings (SSSR count). The van der Waals surface area contributed by atoms with E-state index in [4.69, 9.17) is 39.5 Å². The quantitative estimate of drug-likeness (QED) is 0.206. The highest BCUT2D eigenvalue weighted by Gasteiger charge is 2.37. The maximum Gasteiger partial charge on any atom is 0.337 e. The molecule has 1 saturated heterocycles. The number of ether oxygens (including phenoxy) is 2. The van der Waals surface area contributed by atoms with Crippen molar-refractivity contribution in [3.63, 3.8) is 0 Å². The van der Waals surface area contributed by atoms with Crippen LogP contribution in [0.4, 0.5) is 16.2 Å². The van der Waals surface area contributed by atoms with E-state index < -0.39 is 36.3 Å². The predicted octanol–water partition coefficient (Wildman–Crippen LogP) is 5.43. The van der Waals surface area contributed by atoms with Gasteiger partial charge in [-0.3, -0.25) is 19.7 Å². The normalized spacial score (nSPS) is 14.1. The van der Waals surface area contributed by atoms with Gasteiger partial charge in [-0.2, -0.15) is 0 Å². The van der Waals surface area contributed by atoms with E-state index in [2.05, 4.69) is 15.4 Å². The largest absolute Gasteiger partial charge is 0.481 e. The standard InChI is InChI=1S/C28H20Cl3N3O7/c1-14-3-6-17(12-20(14)29)32-23(35)13-41-24-21(30)10-15(11-22(24)31)9-19-25(36)33-28(39)34(26(19)37)18-7-4-16(5-8-18)27(38)40-2/h3-12H,13H2,1-2H3,(H,32,35)(H,33,36,39)/b19-9-. The van der Waals surface area contributed by atoms with Crippen LogP contribution >= 0.6 is 34.8 Å². The van der Waals surface area contributed by atoms with Gasteiger partial charge in [0.1, 0.15) is 5.57 Å². The van der Waals surface area contributed by atoms with Crippen LogP contribution in [0.5, 0.6) is 5.75 Å². The molecule has 0 aliphatic carbocycles. The molecule has 1 fully saturated rings. The van der Waals surface area contributed by atoms with Crippen LogP contribution in [-0.4, -0.2) is 43.4 Å². The van der Waals surface area contributed by atoms with E-state index in [0.717, 1.165) is 10.5 Å². The molecule has 0 radical (unpaired) electrons. The number of halogens is 3. The molecule has 2 N–H and O–H groups in total. The van der Waals surface area contributed by atoms with Crippen molar-refractivity contribution in [2.24, 2.45) is 0 Å². The monoisotopic (exact) mass is 615 g/mol. The number of nitrogens with one attached hydrogen (secondary N) is 2. The fourth-order valence-electron chi connectivity index (χ4n) is 3.73. The molecule has 3 aromatic rings. The molecule has 10 nitrogen and oxygen atoms in total. The highest BCUT2D eigenvalue weighted by atomic mass is 35.5. The Morgan fingerprint density at radius 3 is 2.22 bits per heavy atom. The van der Waals surface area contributed by atoms with Crippen LogP contribution in [0.25, 0.3) is 6.08 Å². The summed E-state index contributed by atoms with van der Waals surface area (Å²) in [5.41, 5.74) is 1.53. The van der Waals surface area contributed by atoms with Crippen molar-refractivity contribution in [3.05, 3.63) is 91.9 Å². The lowest BCUT2D eigenvalue weighted by Crippen LogP contribution is -2.54. The van der Waals surface area contributed by atoms with Crippen molar-refractivity contribution in [1.29, 1.82) is 0 Å². The summed E-state index contributed by atoms with van der Waals surface area (Å²) in [6, 6.07) is 12.3. The summed E-state index contributed by atoms with van der Waals surface area (Å²) >= 11 is 18.7. The zero-order valence-electron chi connectivity index (χ0n) is 21.4. The van der Waals surface area contributed by atoms with E-state index in [9.17, 15) is 24.0 Å². The van der Waals surface area contributed by atoms with E-state index >= 15 is 0 Å². The molecule has 0 bridgehead atoms. The predicted molar refractivity (Wildman–Crippen MR) is 154 cm³/mol. The number of carbonyl (C=O) groups excluding carboxylic acids is 5. The number of rotatable bonds is 7. The van der Waals surface area contributed by atoms with Crippen molar-refractivity contribution in [1.82, 2.24) is 5.32 Å². The van der Waals surface area contributed by atoms with Gasteiger partial charge < -0.3 is 14.8 Å². The molecule has 210 valence electrons. The van der Waals surface area contributed by atoms with Crippen LogP contribution < -0.4 is 20.3 Å². The van der Waals surface area contributed by atoms with Gasteiger partial charge in [0.2, 0.25) is 0 Å². The molecule has 1 aliphatic rings. The molecule has 0 spiro atoms. The van der Waals surface area contributed by atoms with Gasteiger partial charge in [0.15, 0.2) is 12.4 Å². The van der Waals surface area contributed by atoms with Crippen LogP contribution in [-0.2, 0) is 19.1 Å². The van der Waals surface area contributed by atoms with Crippen molar-refractivity contribution >= 4 is 82.0 Å². The summed E-state index contributed by atoms with van der Waals surface area (Å²) in [4.78, 5) is 62.9. The minimum Gasteiger partial charge on any atom is -0.481 e. The van der Waals surface area contributed by atoms with Gasteiger partial charge in [-0.1, -0.05) is 40.9 Å². The van der Waals surface area contributed by atoms with Gasteiger partial charge in [0.05, 0.1) is 28.4 Å². The maximum atomic E-state index is 13.2. The number of anilines is 2. The number of aryl methyl sites for hydroxylation is 1. The van der Waals surface area contributed by atoms with Crippen LogP contribution in [0.3, 0.4) is 0 Å². The van der Waals surface area contributed by atoms with Crippen LogP contribution in [0.2, 0.25) is 15.1 Å². The van der Waals surface area contributed by atoms with Gasteiger partial charge in [-0.25, -0.2) is 14.5 Å². The smallest absolute Gasteiger partial charge is 0.337 e. The summed E-state index contributed by atoms with van der Waals surface area (Å²) in [6.45, 7) is 1.41. The number of carbonyl (C=O) groups is 5. The minimum atomic E-state index is -0.964. The van der Waals surface area contributed by atoms with Crippen molar-refractivity contribution in [2.75, 3.05) is 23.9 Å². The summed E-state index contributed by atoms with van der Waals surface area (Å²) in [5, 5.41) is 5.25. The Morgan fingerprint density at radius 2 is 1.61 bits per heavy atom. The third kappa shape index (κ3) is 6.68. The lowest BCUT2D eigenvalue weighted by Gasteiger charge is -2.26. The zero-order chi connectivity index (χ0) is 29.8. The van der Waals surface area contributed by atoms with Gasteiger partial charge >= 0.3 is 12.0 Å². The summed E-state index contributed by atoms with van der Waals surface area (Å²) in [6.07, 6.45) is 1.20. The van der Waals surface area contributed by atoms with Crippen molar-refractivity contribution in [2.45, 2.75) is 6.92 Å². The minimum absolute atomic E-state index is 0.00512. The van der Waals surface area contributed by atoms with Crippen LogP contribution in [0, 0.1) is 6.92 Å². The lowest BCUT2D eigenvalue weighted by atomic mass is 10.1. The molecule has 0 saturated carbocycles. The average molecular weight is 617 g/mol. The van der Waals surface area contributed by atoms with Crippen molar-refractivity contribution < 1.29 is 33.4 Å². The molecule has 13 heteroatoms. The molecule has 0 unspecified atom stereocenters. The number of hydrogen-bond donors (Lipinski definition) is 2. The number of urea groups is 1. The number of hydrogen-bond acceptors (Lipinski definition) is 7. The fourth-order valence-corrected chi connectivity index (χ4v) is 4.52. The Balaban J connectivity index is 1.51. The van der Waals surface area contributed by atoms with E-state index in [-0.39, 0.29) is 38.2 Å². The molecule has 41 heavy (non-hydrogen) atoms. The SMILES string of the molecule is COC(=O)c1ccc(N2C(=O)NC(=O)/C(=C/c3cc(Cl)c(OCC(=O)Nc4ccc(C)c(Cl)c4)c(Cl)c3)C2=O)cc1. The second-order valence-corrected chi connectivity index (χ2v) is 9.83. The van der Waals surface area contributed by atoms with Crippen LogP contribution in [0.1, 0.15) is 21.5 Å². The lowest BCUT2D eigenvalue weighted by molar-refractivity contribution is -0.122. The third-order valence-corrected chi connectivity index (χ3v) is 6.75.